The van der Waals surface area contributed by atoms with Crippen molar-refractivity contribution in [3.63, 3.8) is 0 Å². The average molecular weight is 574 g/mol. The molecular formula is C28H39N5O6S. The fourth-order valence-electron chi connectivity index (χ4n) is 7.00. The minimum atomic E-state index is -0.986. The Bertz CT molecular complexity index is 1110. The lowest BCUT2D eigenvalue weighted by Gasteiger charge is -2.51. The van der Waals surface area contributed by atoms with Gasteiger partial charge in [0.05, 0.1) is 36.9 Å². The first kappa shape index (κ1) is 27.8. The Balaban J connectivity index is 1.15. The summed E-state index contributed by atoms with van der Waals surface area (Å²) < 4.78 is 18.0. The molecule has 1 aromatic heterocycles. The molecule has 4 saturated heterocycles. The standard InChI is InChI=1S/C28H39N5O6S/c1-29-24(35)22(26-38-16-27(17-39-26)7-3-2-4-8-27)31-23(34)20-12-33(25(36)21-10-30-18-40-21)15-28(20)13-32(14-28)11-19-6-5-9-37-19/h2-3,10,18-20,22,26H,4-9,11-17H2,1H3,(H,29,35)(H,31,34)/t19?,20-,22?,26?,27?/m0/s1. The van der Waals surface area contributed by atoms with Crippen LogP contribution in [0.15, 0.2) is 23.9 Å². The first-order valence-electron chi connectivity index (χ1n) is 14.3. The van der Waals surface area contributed by atoms with Crippen molar-refractivity contribution in [3.05, 3.63) is 28.7 Å². The molecule has 1 aliphatic carbocycles. The molecule has 2 spiro atoms. The Kier molecular flexibility index (Phi) is 7.97. The van der Waals surface area contributed by atoms with Gasteiger partial charge in [0.2, 0.25) is 11.8 Å². The Morgan fingerprint density at radius 3 is 2.65 bits per heavy atom. The van der Waals surface area contributed by atoms with Gasteiger partial charge in [0.25, 0.3) is 5.91 Å². The van der Waals surface area contributed by atoms with Crippen LogP contribution in [-0.2, 0) is 23.8 Å². The summed E-state index contributed by atoms with van der Waals surface area (Å²) >= 11 is 1.30. The van der Waals surface area contributed by atoms with E-state index >= 15 is 0 Å². The van der Waals surface area contributed by atoms with Crippen LogP contribution < -0.4 is 10.6 Å². The van der Waals surface area contributed by atoms with Crippen molar-refractivity contribution in [3.8, 4) is 0 Å². The zero-order chi connectivity index (χ0) is 27.7. The predicted molar refractivity (Wildman–Crippen MR) is 146 cm³/mol. The number of thiazole rings is 1. The molecule has 3 atom stereocenters. The number of hydrogen-bond donors (Lipinski definition) is 2. The highest BCUT2D eigenvalue weighted by atomic mass is 32.1. The van der Waals surface area contributed by atoms with E-state index in [9.17, 15) is 14.4 Å². The monoisotopic (exact) mass is 573 g/mol. The molecule has 0 radical (unpaired) electrons. The van der Waals surface area contributed by atoms with E-state index in [0.29, 0.717) is 44.3 Å². The molecule has 0 saturated carbocycles. The lowest BCUT2D eigenvalue weighted by atomic mass is 9.71. The van der Waals surface area contributed by atoms with Crippen LogP contribution in [0.25, 0.3) is 0 Å². The number of carbonyl (C=O) groups is 3. The summed E-state index contributed by atoms with van der Waals surface area (Å²) in [6.07, 6.45) is 10.2. The van der Waals surface area contributed by atoms with Crippen LogP contribution in [-0.4, -0.2) is 111 Å². The third kappa shape index (κ3) is 5.44. The van der Waals surface area contributed by atoms with Crippen molar-refractivity contribution >= 4 is 29.1 Å². The van der Waals surface area contributed by atoms with Gasteiger partial charge in [-0.25, -0.2) is 0 Å². The summed E-state index contributed by atoms with van der Waals surface area (Å²) in [6, 6.07) is -0.986. The van der Waals surface area contributed by atoms with E-state index in [1.54, 1.807) is 23.7 Å². The molecule has 4 aliphatic heterocycles. The number of carbonyl (C=O) groups excluding carboxylic acids is 3. The molecular weight excluding hydrogens is 534 g/mol. The quantitative estimate of drug-likeness (QED) is 0.464. The molecule has 3 amide bonds. The van der Waals surface area contributed by atoms with E-state index < -0.39 is 18.2 Å². The molecule has 4 fully saturated rings. The Labute approximate surface area is 238 Å². The lowest BCUT2D eigenvalue weighted by molar-refractivity contribution is -0.240. The van der Waals surface area contributed by atoms with Crippen molar-refractivity contribution in [1.29, 1.82) is 0 Å². The van der Waals surface area contributed by atoms with Gasteiger partial charge in [-0.05, 0) is 32.1 Å². The normalized spacial score (nSPS) is 32.2. The second-order valence-corrected chi connectivity index (χ2v) is 13.0. The molecule has 0 bridgehead atoms. The van der Waals surface area contributed by atoms with E-state index in [4.69, 9.17) is 14.2 Å². The SMILES string of the molecule is CNC(=O)C(NC(=O)[C@@H]1CN(C(=O)c2cncs2)CC12CN(CC1CCCO1)C2)C1OCC2(CC=CCC2)CO1. The van der Waals surface area contributed by atoms with Crippen LogP contribution in [0, 0.1) is 16.7 Å². The second-order valence-electron chi connectivity index (χ2n) is 12.1. The van der Waals surface area contributed by atoms with Gasteiger partial charge in [0.15, 0.2) is 12.3 Å². The van der Waals surface area contributed by atoms with Crippen LogP contribution in [0.5, 0.6) is 0 Å². The Hall–Kier alpha value is -2.38. The second kappa shape index (κ2) is 11.5. The maximum Gasteiger partial charge on any atom is 0.265 e. The van der Waals surface area contributed by atoms with Crippen LogP contribution in [0.4, 0.5) is 0 Å². The fourth-order valence-corrected chi connectivity index (χ4v) is 7.59. The molecule has 40 heavy (non-hydrogen) atoms. The minimum absolute atomic E-state index is 0.0755. The molecule has 12 heteroatoms. The first-order valence-corrected chi connectivity index (χ1v) is 15.2. The largest absolute Gasteiger partial charge is 0.377 e. The maximum atomic E-state index is 13.9. The minimum Gasteiger partial charge on any atom is -0.377 e. The zero-order valence-corrected chi connectivity index (χ0v) is 23.8. The summed E-state index contributed by atoms with van der Waals surface area (Å²) in [5.74, 6) is -1.19. The Morgan fingerprint density at radius 2 is 2.00 bits per heavy atom. The van der Waals surface area contributed by atoms with Crippen molar-refractivity contribution in [2.45, 2.75) is 50.5 Å². The predicted octanol–water partition coefficient (Wildman–Crippen LogP) is 1.03. The average Bonchev–Trinajstić information content (AvgIpc) is 3.74. The molecule has 5 aliphatic rings. The van der Waals surface area contributed by atoms with Gasteiger partial charge in [-0.15, -0.1) is 11.3 Å². The highest BCUT2D eigenvalue weighted by Crippen LogP contribution is 2.45. The number of hydrogen-bond acceptors (Lipinski definition) is 9. The van der Waals surface area contributed by atoms with Crippen molar-refractivity contribution in [2.75, 3.05) is 59.6 Å². The molecule has 1 aromatic rings. The summed E-state index contributed by atoms with van der Waals surface area (Å²) in [5.41, 5.74) is 1.18. The van der Waals surface area contributed by atoms with Gasteiger partial charge in [-0.3, -0.25) is 24.3 Å². The topological polar surface area (TPSA) is 122 Å². The summed E-state index contributed by atoms with van der Waals surface area (Å²) in [7, 11) is 1.54. The van der Waals surface area contributed by atoms with Crippen molar-refractivity contribution in [1.82, 2.24) is 25.4 Å². The molecule has 218 valence electrons. The van der Waals surface area contributed by atoms with Gasteiger partial charge in [0, 0.05) is 57.2 Å². The highest BCUT2D eigenvalue weighted by Gasteiger charge is 2.58. The van der Waals surface area contributed by atoms with Gasteiger partial charge in [0.1, 0.15) is 4.88 Å². The summed E-state index contributed by atoms with van der Waals surface area (Å²) in [5, 5.41) is 5.62. The van der Waals surface area contributed by atoms with Gasteiger partial charge >= 0.3 is 0 Å². The molecule has 5 heterocycles. The number of amides is 3. The Morgan fingerprint density at radius 1 is 1.18 bits per heavy atom. The molecule has 11 nitrogen and oxygen atoms in total. The van der Waals surface area contributed by atoms with Crippen LogP contribution in [0.3, 0.4) is 0 Å². The van der Waals surface area contributed by atoms with Gasteiger partial charge < -0.3 is 29.7 Å². The van der Waals surface area contributed by atoms with E-state index in [1.165, 1.54) is 11.3 Å². The van der Waals surface area contributed by atoms with E-state index in [2.05, 4.69) is 32.7 Å². The molecule has 2 N–H and O–H groups in total. The number of nitrogens with zero attached hydrogens (tertiary/aromatic N) is 3. The number of nitrogens with one attached hydrogen (secondary N) is 2. The molecule has 2 unspecified atom stereocenters. The molecule has 6 rings (SSSR count). The number of rotatable bonds is 7. The molecule has 0 aromatic carbocycles. The number of ether oxygens (including phenoxy) is 3. The van der Waals surface area contributed by atoms with Crippen molar-refractivity contribution in [2.24, 2.45) is 16.7 Å². The summed E-state index contributed by atoms with van der Waals surface area (Å²) in [4.78, 5) is 48.8. The number of likely N-dealkylation sites (tertiary alicyclic amines) is 2. The zero-order valence-electron chi connectivity index (χ0n) is 23.0. The smallest absolute Gasteiger partial charge is 0.265 e. The van der Waals surface area contributed by atoms with Crippen LogP contribution in [0.1, 0.15) is 41.8 Å². The maximum absolute atomic E-state index is 13.9. The first-order chi connectivity index (χ1) is 19.4. The van der Waals surface area contributed by atoms with Crippen LogP contribution in [0.2, 0.25) is 0 Å². The van der Waals surface area contributed by atoms with Crippen LogP contribution >= 0.6 is 11.3 Å². The lowest BCUT2D eigenvalue weighted by Crippen LogP contribution is -2.65. The number of aromatic nitrogens is 1. The number of likely N-dealkylation sites (N-methyl/N-ethyl adjacent to an activating group) is 1. The van der Waals surface area contributed by atoms with Gasteiger partial charge in [-0.1, -0.05) is 12.2 Å². The van der Waals surface area contributed by atoms with Crippen molar-refractivity contribution < 1.29 is 28.6 Å². The van der Waals surface area contributed by atoms with Gasteiger partial charge in [-0.2, -0.15) is 0 Å². The van der Waals surface area contributed by atoms with E-state index in [-0.39, 0.29) is 34.7 Å². The third-order valence-corrected chi connectivity index (χ3v) is 9.98. The number of allylic oxidation sites excluding steroid dienone is 2. The van der Waals surface area contributed by atoms with E-state index in [1.807, 2.05) is 0 Å². The van der Waals surface area contributed by atoms with E-state index in [0.717, 1.165) is 45.3 Å². The summed E-state index contributed by atoms with van der Waals surface area (Å²) in [6.45, 7) is 4.78. The highest BCUT2D eigenvalue weighted by molar-refractivity contribution is 7.11. The fraction of sp³-hybridized carbons (Fsp3) is 0.714. The third-order valence-electron chi connectivity index (χ3n) is 9.22.